The third-order valence-electron chi connectivity index (χ3n) is 3.01. The summed E-state index contributed by atoms with van der Waals surface area (Å²) >= 11 is -2.44. The SMILES string of the molecule is NCCOc1ccc(C(=O)Nc2cc(F)c(F)c(F)c2)cc1S(=O)O. The highest BCUT2D eigenvalue weighted by Gasteiger charge is 2.16. The molecule has 2 aromatic carbocycles. The van der Waals surface area contributed by atoms with Gasteiger partial charge in [0.1, 0.15) is 17.3 Å². The Hall–Kier alpha value is -2.43. The minimum absolute atomic E-state index is 0.0670. The van der Waals surface area contributed by atoms with Crippen LogP contribution in [0.4, 0.5) is 18.9 Å². The van der Waals surface area contributed by atoms with E-state index in [2.05, 4.69) is 5.32 Å². The molecule has 0 spiro atoms. The predicted octanol–water partition coefficient (Wildman–Crippen LogP) is 2.27. The molecule has 0 fully saturated rings. The maximum Gasteiger partial charge on any atom is 0.255 e. The van der Waals surface area contributed by atoms with Gasteiger partial charge in [0.05, 0.1) is 0 Å². The van der Waals surface area contributed by atoms with Crippen molar-refractivity contribution in [3.8, 4) is 5.75 Å². The van der Waals surface area contributed by atoms with E-state index in [0.29, 0.717) is 12.1 Å². The average Bonchev–Trinajstić information content (AvgIpc) is 2.57. The summed E-state index contributed by atoms with van der Waals surface area (Å²) in [4.78, 5) is 12.0. The van der Waals surface area contributed by atoms with Gasteiger partial charge in [-0.2, -0.15) is 0 Å². The van der Waals surface area contributed by atoms with Crippen LogP contribution in [0, 0.1) is 17.5 Å². The predicted molar refractivity (Wildman–Crippen MR) is 84.3 cm³/mol. The monoisotopic (exact) mass is 374 g/mol. The summed E-state index contributed by atoms with van der Waals surface area (Å²) in [6.45, 7) is 0.283. The Morgan fingerprint density at radius 3 is 2.40 bits per heavy atom. The maximum absolute atomic E-state index is 13.2. The van der Waals surface area contributed by atoms with Crippen LogP contribution in [0.15, 0.2) is 35.2 Å². The number of carbonyl (C=O) groups excluding carboxylic acids is 1. The number of ether oxygens (including phenoxy) is 1. The Labute approximate surface area is 143 Å². The first-order chi connectivity index (χ1) is 11.8. The van der Waals surface area contributed by atoms with Gasteiger partial charge in [0.2, 0.25) is 0 Å². The van der Waals surface area contributed by atoms with Crippen molar-refractivity contribution < 1.29 is 31.5 Å². The zero-order valence-electron chi connectivity index (χ0n) is 12.6. The summed E-state index contributed by atoms with van der Waals surface area (Å²) in [5.74, 6) is -5.32. The molecule has 2 rings (SSSR count). The van der Waals surface area contributed by atoms with Crippen molar-refractivity contribution in [1.82, 2.24) is 0 Å². The van der Waals surface area contributed by atoms with Crippen LogP contribution in [-0.2, 0) is 11.1 Å². The molecule has 134 valence electrons. The van der Waals surface area contributed by atoms with Gasteiger partial charge in [-0.3, -0.25) is 4.79 Å². The number of nitrogens with two attached hydrogens (primary N) is 1. The van der Waals surface area contributed by atoms with Crippen LogP contribution in [0.1, 0.15) is 10.4 Å². The lowest BCUT2D eigenvalue weighted by atomic mass is 10.2. The normalized spacial score (nSPS) is 11.9. The summed E-state index contributed by atoms with van der Waals surface area (Å²) in [7, 11) is 0. The van der Waals surface area contributed by atoms with Gasteiger partial charge in [0.25, 0.3) is 5.91 Å². The van der Waals surface area contributed by atoms with Gasteiger partial charge in [-0.25, -0.2) is 17.4 Å². The summed E-state index contributed by atoms with van der Waals surface area (Å²) in [6.07, 6.45) is 0. The third kappa shape index (κ3) is 4.56. The number of nitrogens with one attached hydrogen (secondary N) is 1. The van der Waals surface area contributed by atoms with Gasteiger partial charge in [-0.05, 0) is 18.2 Å². The largest absolute Gasteiger partial charge is 0.491 e. The summed E-state index contributed by atoms with van der Waals surface area (Å²) in [5.41, 5.74) is 4.91. The molecular formula is C15H13F3N2O4S. The van der Waals surface area contributed by atoms with Gasteiger partial charge in [-0.1, -0.05) is 0 Å². The number of hydrogen-bond acceptors (Lipinski definition) is 4. The summed E-state index contributed by atoms with van der Waals surface area (Å²) in [6, 6.07) is 4.89. The standard InChI is InChI=1S/C15H13F3N2O4S/c16-10-6-9(7-11(17)14(10)18)20-15(21)8-1-2-12(24-4-3-19)13(5-8)25(22)23/h1-2,5-7H,3-4,19H2,(H,20,21)(H,22,23). The second kappa shape index (κ2) is 8.10. The Balaban J connectivity index is 2.27. The summed E-state index contributed by atoms with van der Waals surface area (Å²) in [5, 5.41) is 2.17. The number of carbonyl (C=O) groups is 1. The van der Waals surface area contributed by atoms with Crippen LogP contribution in [0.3, 0.4) is 0 Å². The fraction of sp³-hybridized carbons (Fsp3) is 0.133. The molecule has 2 aromatic rings. The molecule has 0 bridgehead atoms. The fourth-order valence-corrected chi connectivity index (χ4v) is 2.43. The molecule has 0 heterocycles. The molecule has 0 saturated carbocycles. The van der Waals surface area contributed by atoms with E-state index in [1.54, 1.807) is 0 Å². The van der Waals surface area contributed by atoms with Crippen molar-refractivity contribution in [3.05, 3.63) is 53.3 Å². The Kier molecular flexibility index (Phi) is 6.12. The average molecular weight is 374 g/mol. The summed E-state index contributed by atoms with van der Waals surface area (Å²) < 4.78 is 65.1. The molecule has 25 heavy (non-hydrogen) atoms. The highest BCUT2D eigenvalue weighted by atomic mass is 32.2. The number of benzene rings is 2. The lowest BCUT2D eigenvalue weighted by Crippen LogP contribution is -2.15. The van der Waals surface area contributed by atoms with Gasteiger partial charge in [-0.15, -0.1) is 0 Å². The molecule has 10 heteroatoms. The quantitative estimate of drug-likeness (QED) is 0.532. The minimum atomic E-state index is -2.44. The van der Waals surface area contributed by atoms with E-state index in [1.165, 1.54) is 12.1 Å². The number of anilines is 1. The van der Waals surface area contributed by atoms with Crippen molar-refractivity contribution in [2.75, 3.05) is 18.5 Å². The molecule has 0 saturated heterocycles. The van der Waals surface area contributed by atoms with E-state index in [9.17, 15) is 26.7 Å². The number of hydrogen-bond donors (Lipinski definition) is 3. The molecule has 1 atom stereocenters. The number of rotatable bonds is 6. The van der Waals surface area contributed by atoms with Gasteiger partial charge in [0, 0.05) is 29.9 Å². The molecule has 0 radical (unpaired) electrons. The van der Waals surface area contributed by atoms with Gasteiger partial charge >= 0.3 is 0 Å². The lowest BCUT2D eigenvalue weighted by molar-refractivity contribution is 0.102. The first-order valence-electron chi connectivity index (χ1n) is 6.87. The Morgan fingerprint density at radius 2 is 1.84 bits per heavy atom. The van der Waals surface area contributed by atoms with Crippen LogP contribution in [0.2, 0.25) is 0 Å². The number of halogens is 3. The van der Waals surface area contributed by atoms with Crippen molar-refractivity contribution in [2.45, 2.75) is 4.90 Å². The van der Waals surface area contributed by atoms with Crippen molar-refractivity contribution in [1.29, 1.82) is 0 Å². The molecule has 1 amide bonds. The molecule has 0 aromatic heterocycles. The van der Waals surface area contributed by atoms with Crippen molar-refractivity contribution in [3.63, 3.8) is 0 Å². The van der Waals surface area contributed by atoms with Gasteiger partial charge < -0.3 is 20.3 Å². The highest BCUT2D eigenvalue weighted by Crippen LogP contribution is 2.24. The first kappa shape index (κ1) is 18.9. The van der Waals surface area contributed by atoms with E-state index < -0.39 is 34.4 Å². The molecule has 4 N–H and O–H groups in total. The van der Waals surface area contributed by atoms with Crippen LogP contribution < -0.4 is 15.8 Å². The Morgan fingerprint density at radius 1 is 1.20 bits per heavy atom. The van der Waals surface area contributed by atoms with Gasteiger partial charge in [0.15, 0.2) is 28.5 Å². The zero-order chi connectivity index (χ0) is 18.6. The maximum atomic E-state index is 13.2. The third-order valence-corrected chi connectivity index (χ3v) is 3.71. The molecule has 0 aliphatic rings. The zero-order valence-corrected chi connectivity index (χ0v) is 13.4. The lowest BCUT2D eigenvalue weighted by Gasteiger charge is -2.11. The van der Waals surface area contributed by atoms with E-state index in [1.807, 2.05) is 0 Å². The fourth-order valence-electron chi connectivity index (χ4n) is 1.90. The molecular weight excluding hydrogens is 361 g/mol. The number of amides is 1. The van der Waals surface area contributed by atoms with E-state index in [0.717, 1.165) is 6.07 Å². The van der Waals surface area contributed by atoms with E-state index in [-0.39, 0.29) is 35.0 Å². The molecule has 0 aliphatic heterocycles. The van der Waals surface area contributed by atoms with Crippen LogP contribution in [-0.4, -0.2) is 27.8 Å². The molecule has 0 aliphatic carbocycles. The van der Waals surface area contributed by atoms with Crippen LogP contribution in [0.25, 0.3) is 0 Å². The Bertz CT molecular complexity index is 809. The van der Waals surface area contributed by atoms with Crippen molar-refractivity contribution >= 4 is 22.7 Å². The smallest absolute Gasteiger partial charge is 0.255 e. The topological polar surface area (TPSA) is 102 Å². The van der Waals surface area contributed by atoms with Crippen molar-refractivity contribution in [2.24, 2.45) is 5.73 Å². The van der Waals surface area contributed by atoms with E-state index >= 15 is 0 Å². The molecule has 1 unspecified atom stereocenters. The second-order valence-electron chi connectivity index (χ2n) is 4.76. The van der Waals surface area contributed by atoms with Crippen LogP contribution in [0.5, 0.6) is 5.75 Å². The highest BCUT2D eigenvalue weighted by molar-refractivity contribution is 7.79. The first-order valence-corrected chi connectivity index (χ1v) is 7.97. The van der Waals surface area contributed by atoms with E-state index in [4.69, 9.17) is 10.5 Å². The molecule has 6 nitrogen and oxygen atoms in total. The van der Waals surface area contributed by atoms with Crippen LogP contribution >= 0.6 is 0 Å². The second-order valence-corrected chi connectivity index (χ2v) is 5.69. The minimum Gasteiger partial charge on any atom is -0.491 e.